The van der Waals surface area contributed by atoms with Crippen molar-refractivity contribution >= 4 is 5.78 Å². The molecule has 0 aromatic carbocycles. The van der Waals surface area contributed by atoms with Gasteiger partial charge in [-0.2, -0.15) is 0 Å². The molecule has 1 unspecified atom stereocenters. The molecule has 1 fully saturated rings. The molecular weight excluding hydrogens is 224 g/mol. The summed E-state index contributed by atoms with van der Waals surface area (Å²) in [6, 6.07) is 2.67. The first-order valence-electron chi connectivity index (χ1n) is 7.17. The lowest BCUT2D eigenvalue weighted by atomic mass is 9.96. The zero-order valence-corrected chi connectivity index (χ0v) is 11.2. The van der Waals surface area contributed by atoms with Crippen LogP contribution < -0.4 is 0 Å². The Balaban J connectivity index is 1.78. The van der Waals surface area contributed by atoms with Crippen LogP contribution in [0.4, 0.5) is 0 Å². The Labute approximate surface area is 109 Å². The molecular formula is C15H22N2O. The van der Waals surface area contributed by atoms with Crippen LogP contribution in [-0.2, 0) is 13.0 Å². The highest BCUT2D eigenvalue weighted by molar-refractivity contribution is 5.98. The van der Waals surface area contributed by atoms with E-state index in [4.69, 9.17) is 0 Å². The van der Waals surface area contributed by atoms with Crippen molar-refractivity contribution in [1.82, 2.24) is 9.47 Å². The Morgan fingerprint density at radius 1 is 1.28 bits per heavy atom. The highest BCUT2D eigenvalue weighted by atomic mass is 16.1. The predicted molar refractivity (Wildman–Crippen MR) is 72.0 cm³/mol. The van der Waals surface area contributed by atoms with Crippen molar-refractivity contribution < 1.29 is 4.79 Å². The van der Waals surface area contributed by atoms with Crippen molar-refractivity contribution in [2.75, 3.05) is 13.6 Å². The number of hydrogen-bond acceptors (Lipinski definition) is 2. The van der Waals surface area contributed by atoms with Gasteiger partial charge < -0.3 is 9.47 Å². The highest BCUT2D eigenvalue weighted by Gasteiger charge is 2.24. The maximum atomic E-state index is 11.8. The largest absolute Gasteiger partial charge is 0.349 e. The van der Waals surface area contributed by atoms with Crippen molar-refractivity contribution in [3.63, 3.8) is 0 Å². The summed E-state index contributed by atoms with van der Waals surface area (Å²) < 4.78 is 2.33. The lowest BCUT2D eigenvalue weighted by Gasteiger charge is -2.33. The first-order chi connectivity index (χ1) is 8.75. The summed E-state index contributed by atoms with van der Waals surface area (Å²) in [6.45, 7) is 2.27. The van der Waals surface area contributed by atoms with Crippen LogP contribution in [0.15, 0.2) is 12.3 Å². The van der Waals surface area contributed by atoms with Crippen LogP contribution in [0, 0.1) is 0 Å². The molecule has 2 heterocycles. The molecule has 0 amide bonds. The summed E-state index contributed by atoms with van der Waals surface area (Å²) in [4.78, 5) is 14.3. The van der Waals surface area contributed by atoms with Gasteiger partial charge in [0, 0.05) is 36.5 Å². The Kier molecular flexibility index (Phi) is 3.25. The molecule has 18 heavy (non-hydrogen) atoms. The summed E-state index contributed by atoms with van der Waals surface area (Å²) in [5, 5.41) is 0. The Morgan fingerprint density at radius 2 is 2.17 bits per heavy atom. The second-order valence-corrected chi connectivity index (χ2v) is 5.74. The van der Waals surface area contributed by atoms with Crippen LogP contribution in [0.2, 0.25) is 0 Å². The number of likely N-dealkylation sites (N-methyl/N-ethyl adjacent to an activating group) is 1. The van der Waals surface area contributed by atoms with Gasteiger partial charge in [0.25, 0.3) is 0 Å². The van der Waals surface area contributed by atoms with Crippen LogP contribution in [0.5, 0.6) is 0 Å². The van der Waals surface area contributed by atoms with Gasteiger partial charge in [0.2, 0.25) is 0 Å². The second kappa shape index (κ2) is 4.88. The summed E-state index contributed by atoms with van der Waals surface area (Å²) in [5.41, 5.74) is 2.27. The molecule has 0 bridgehead atoms. The molecule has 3 heteroatoms. The van der Waals surface area contributed by atoms with Crippen LogP contribution >= 0.6 is 0 Å². The predicted octanol–water partition coefficient (Wildman–Crippen LogP) is 2.49. The molecule has 98 valence electrons. The quantitative estimate of drug-likeness (QED) is 0.801. The molecule has 3 rings (SSSR count). The number of carbonyl (C=O) groups is 1. The summed E-state index contributed by atoms with van der Waals surface area (Å²) in [7, 11) is 2.23. The average Bonchev–Trinajstić information content (AvgIpc) is 2.77. The fourth-order valence-electron chi connectivity index (χ4n) is 3.36. The summed E-state index contributed by atoms with van der Waals surface area (Å²) in [6.07, 6.45) is 8.92. The molecule has 1 aromatic heterocycles. The van der Waals surface area contributed by atoms with Gasteiger partial charge in [-0.1, -0.05) is 6.42 Å². The Morgan fingerprint density at radius 3 is 3.00 bits per heavy atom. The van der Waals surface area contributed by atoms with Crippen molar-refractivity contribution in [2.24, 2.45) is 0 Å². The van der Waals surface area contributed by atoms with E-state index in [0.29, 0.717) is 11.8 Å². The van der Waals surface area contributed by atoms with Crippen LogP contribution in [0.3, 0.4) is 0 Å². The standard InChI is InChI=1S/C15H22N2O/c1-16-9-3-2-5-12(16)11-17-10-8-13-14(17)6-4-7-15(13)18/h8,10,12H,2-7,9,11H2,1H3. The number of fused-ring (bicyclic) bond motifs is 1. The van der Waals surface area contributed by atoms with Crippen molar-refractivity contribution in [2.45, 2.75) is 51.1 Å². The van der Waals surface area contributed by atoms with E-state index in [1.807, 2.05) is 6.07 Å². The molecule has 1 atom stereocenters. The van der Waals surface area contributed by atoms with Gasteiger partial charge in [0.1, 0.15) is 0 Å². The Hall–Kier alpha value is -1.09. The maximum absolute atomic E-state index is 11.8. The number of ketones is 1. The second-order valence-electron chi connectivity index (χ2n) is 5.74. The topological polar surface area (TPSA) is 25.2 Å². The van der Waals surface area contributed by atoms with Crippen molar-refractivity contribution in [3.8, 4) is 0 Å². The van der Waals surface area contributed by atoms with Gasteiger partial charge in [-0.3, -0.25) is 4.79 Å². The fraction of sp³-hybridized carbons (Fsp3) is 0.667. The minimum atomic E-state index is 0.340. The van der Waals surface area contributed by atoms with Crippen molar-refractivity contribution in [3.05, 3.63) is 23.5 Å². The zero-order chi connectivity index (χ0) is 12.5. The fourth-order valence-corrected chi connectivity index (χ4v) is 3.36. The zero-order valence-electron chi connectivity index (χ0n) is 11.2. The number of likely N-dealkylation sites (tertiary alicyclic amines) is 1. The number of nitrogens with zero attached hydrogens (tertiary/aromatic N) is 2. The molecule has 1 aliphatic carbocycles. The van der Waals surface area contributed by atoms with Crippen LogP contribution in [0.25, 0.3) is 0 Å². The first-order valence-corrected chi connectivity index (χ1v) is 7.17. The number of carbonyl (C=O) groups excluding carboxylic acids is 1. The summed E-state index contributed by atoms with van der Waals surface area (Å²) >= 11 is 0. The third-order valence-electron chi connectivity index (χ3n) is 4.53. The van der Waals surface area contributed by atoms with Gasteiger partial charge >= 0.3 is 0 Å². The molecule has 0 spiro atoms. The number of hydrogen-bond donors (Lipinski definition) is 0. The van der Waals surface area contributed by atoms with Crippen LogP contribution in [-0.4, -0.2) is 34.9 Å². The van der Waals surface area contributed by atoms with Gasteiger partial charge in [0.05, 0.1) is 0 Å². The lowest BCUT2D eigenvalue weighted by molar-refractivity contribution is 0.0971. The lowest BCUT2D eigenvalue weighted by Crippen LogP contribution is -2.39. The van der Waals surface area contributed by atoms with Gasteiger partial charge in [-0.15, -0.1) is 0 Å². The van der Waals surface area contributed by atoms with E-state index in [1.165, 1.54) is 31.5 Å². The van der Waals surface area contributed by atoms with Gasteiger partial charge in [0.15, 0.2) is 5.78 Å². The number of rotatable bonds is 2. The number of aromatic nitrogens is 1. The highest BCUT2D eigenvalue weighted by Crippen LogP contribution is 2.24. The molecule has 0 N–H and O–H groups in total. The Bertz CT molecular complexity index is 449. The maximum Gasteiger partial charge on any atom is 0.164 e. The van der Waals surface area contributed by atoms with E-state index in [2.05, 4.69) is 22.7 Å². The molecule has 1 aromatic rings. The smallest absolute Gasteiger partial charge is 0.164 e. The van der Waals surface area contributed by atoms with Crippen molar-refractivity contribution in [1.29, 1.82) is 0 Å². The van der Waals surface area contributed by atoms with E-state index in [0.717, 1.165) is 31.4 Å². The van der Waals surface area contributed by atoms with Gasteiger partial charge in [-0.05, 0) is 45.3 Å². The molecule has 3 nitrogen and oxygen atoms in total. The van der Waals surface area contributed by atoms with E-state index < -0.39 is 0 Å². The minimum absolute atomic E-state index is 0.340. The van der Waals surface area contributed by atoms with E-state index in [1.54, 1.807) is 0 Å². The number of piperidine rings is 1. The molecule has 2 aliphatic rings. The molecule has 0 radical (unpaired) electrons. The molecule has 0 saturated carbocycles. The van der Waals surface area contributed by atoms with Gasteiger partial charge in [-0.25, -0.2) is 0 Å². The van der Waals surface area contributed by atoms with E-state index in [9.17, 15) is 4.79 Å². The third kappa shape index (κ3) is 2.12. The normalized spacial score (nSPS) is 25.2. The molecule has 1 aliphatic heterocycles. The minimum Gasteiger partial charge on any atom is -0.349 e. The van der Waals surface area contributed by atoms with Crippen LogP contribution in [0.1, 0.15) is 48.2 Å². The van der Waals surface area contributed by atoms with E-state index in [-0.39, 0.29) is 0 Å². The monoisotopic (exact) mass is 246 g/mol. The van der Waals surface area contributed by atoms with E-state index >= 15 is 0 Å². The first kappa shape index (κ1) is 12.0. The molecule has 1 saturated heterocycles. The summed E-state index contributed by atoms with van der Waals surface area (Å²) in [5.74, 6) is 0.340. The third-order valence-corrected chi connectivity index (χ3v) is 4.53. The SMILES string of the molecule is CN1CCCCC1Cn1ccc2c1CCCC2=O. The average molecular weight is 246 g/mol. The number of Topliss-reactive ketones (excluding diaryl/α,β-unsaturated/α-hetero) is 1.